The first-order valence-electron chi connectivity index (χ1n) is 6.50. The molecule has 2 aromatic heterocycles. The maximum Gasteiger partial charge on any atom is 0.232 e. The molecule has 0 saturated heterocycles. The van der Waals surface area contributed by atoms with E-state index in [0.717, 1.165) is 22.5 Å². The third-order valence-corrected chi connectivity index (χ3v) is 3.67. The lowest BCUT2D eigenvalue weighted by Crippen LogP contribution is -2.02. The number of aryl methyl sites for hydroxylation is 1. The lowest BCUT2D eigenvalue weighted by molar-refractivity contribution is 0.469. The van der Waals surface area contributed by atoms with Gasteiger partial charge in [0.1, 0.15) is 10.6 Å². The number of ether oxygens (including phenoxy) is 1. The number of benzene rings is 1. The van der Waals surface area contributed by atoms with Crippen molar-refractivity contribution in [1.29, 1.82) is 0 Å². The van der Waals surface area contributed by atoms with Gasteiger partial charge in [-0.3, -0.25) is 0 Å². The molecule has 0 radical (unpaired) electrons. The normalized spacial score (nSPS) is 10.7. The van der Waals surface area contributed by atoms with Crippen LogP contribution < -0.4 is 10.1 Å². The highest BCUT2D eigenvalue weighted by Crippen LogP contribution is 2.31. The molecular formula is C15H15N3OS. The maximum atomic E-state index is 5.91. The highest BCUT2D eigenvalue weighted by Gasteiger charge is 2.10. The van der Waals surface area contributed by atoms with Crippen LogP contribution in [0.5, 0.6) is 11.6 Å². The molecule has 0 unspecified atom stereocenters. The first kappa shape index (κ1) is 12.9. The van der Waals surface area contributed by atoms with Crippen LogP contribution in [0.4, 0.5) is 5.95 Å². The van der Waals surface area contributed by atoms with Gasteiger partial charge in [-0.25, -0.2) is 4.98 Å². The van der Waals surface area contributed by atoms with Crippen molar-refractivity contribution in [3.63, 3.8) is 0 Å². The smallest absolute Gasteiger partial charge is 0.232 e. The van der Waals surface area contributed by atoms with Crippen molar-refractivity contribution >= 4 is 27.5 Å². The van der Waals surface area contributed by atoms with Crippen molar-refractivity contribution in [2.75, 3.05) is 11.9 Å². The number of hydrogen-bond acceptors (Lipinski definition) is 5. The number of rotatable bonds is 4. The molecule has 102 valence electrons. The maximum absolute atomic E-state index is 5.91. The summed E-state index contributed by atoms with van der Waals surface area (Å²) in [7, 11) is 0. The van der Waals surface area contributed by atoms with Gasteiger partial charge in [-0.2, -0.15) is 4.98 Å². The average Bonchev–Trinajstić information content (AvgIpc) is 2.90. The minimum atomic E-state index is 0.594. The van der Waals surface area contributed by atoms with Crippen LogP contribution >= 0.6 is 11.3 Å². The zero-order valence-electron chi connectivity index (χ0n) is 11.4. The molecule has 1 aromatic carbocycles. The zero-order valence-corrected chi connectivity index (χ0v) is 12.2. The minimum absolute atomic E-state index is 0.594. The molecule has 0 aliphatic heterocycles. The molecule has 0 aliphatic carbocycles. The van der Waals surface area contributed by atoms with Gasteiger partial charge in [-0.05, 0) is 37.4 Å². The van der Waals surface area contributed by atoms with Crippen molar-refractivity contribution in [1.82, 2.24) is 9.97 Å². The number of thiophene rings is 1. The number of nitrogens with one attached hydrogen (secondary N) is 1. The van der Waals surface area contributed by atoms with Gasteiger partial charge in [-0.15, -0.1) is 11.3 Å². The Balaban J connectivity index is 2.00. The summed E-state index contributed by atoms with van der Waals surface area (Å²) in [5.41, 5.74) is 1.20. The highest BCUT2D eigenvalue weighted by molar-refractivity contribution is 7.16. The Hall–Kier alpha value is -2.14. The van der Waals surface area contributed by atoms with Gasteiger partial charge in [0.25, 0.3) is 0 Å². The van der Waals surface area contributed by atoms with Crippen molar-refractivity contribution in [2.45, 2.75) is 13.8 Å². The standard InChI is InChI=1S/C15H15N3OS/c1-3-16-15-17-13(12-8-9-20-14(12)18-15)19-11-6-4-10(2)5-7-11/h4-9H,3H2,1-2H3,(H,16,17,18). The molecular weight excluding hydrogens is 270 g/mol. The van der Waals surface area contributed by atoms with Crippen LogP contribution in [-0.4, -0.2) is 16.5 Å². The van der Waals surface area contributed by atoms with Gasteiger partial charge < -0.3 is 10.1 Å². The third-order valence-electron chi connectivity index (χ3n) is 2.86. The van der Waals surface area contributed by atoms with Crippen molar-refractivity contribution in [2.24, 2.45) is 0 Å². The Morgan fingerprint density at radius 1 is 1.15 bits per heavy atom. The Bertz CT molecular complexity index is 722. The van der Waals surface area contributed by atoms with E-state index in [1.165, 1.54) is 5.56 Å². The molecule has 0 bridgehead atoms. The summed E-state index contributed by atoms with van der Waals surface area (Å²) in [6, 6.07) is 9.92. The van der Waals surface area contributed by atoms with E-state index in [-0.39, 0.29) is 0 Å². The summed E-state index contributed by atoms with van der Waals surface area (Å²) in [5.74, 6) is 1.98. The summed E-state index contributed by atoms with van der Waals surface area (Å²) in [4.78, 5) is 9.83. The predicted octanol–water partition coefficient (Wildman–Crippen LogP) is 4.22. The molecule has 0 fully saturated rings. The fourth-order valence-electron chi connectivity index (χ4n) is 1.86. The second-order valence-electron chi connectivity index (χ2n) is 4.44. The lowest BCUT2D eigenvalue weighted by Gasteiger charge is -2.08. The second-order valence-corrected chi connectivity index (χ2v) is 5.33. The molecule has 2 heterocycles. The molecule has 0 amide bonds. The van der Waals surface area contributed by atoms with Crippen LogP contribution in [0.2, 0.25) is 0 Å². The average molecular weight is 285 g/mol. The van der Waals surface area contributed by atoms with E-state index in [0.29, 0.717) is 11.8 Å². The van der Waals surface area contributed by atoms with E-state index in [1.54, 1.807) is 11.3 Å². The van der Waals surface area contributed by atoms with E-state index in [9.17, 15) is 0 Å². The Labute approximate surface area is 121 Å². The number of hydrogen-bond donors (Lipinski definition) is 1. The van der Waals surface area contributed by atoms with Crippen molar-refractivity contribution in [3.8, 4) is 11.6 Å². The van der Waals surface area contributed by atoms with E-state index >= 15 is 0 Å². The first-order chi connectivity index (χ1) is 9.76. The molecule has 0 spiro atoms. The van der Waals surface area contributed by atoms with E-state index < -0.39 is 0 Å². The van der Waals surface area contributed by atoms with Crippen LogP contribution in [0.3, 0.4) is 0 Å². The van der Waals surface area contributed by atoms with Crippen LogP contribution in [0.25, 0.3) is 10.2 Å². The van der Waals surface area contributed by atoms with Crippen LogP contribution in [0.1, 0.15) is 12.5 Å². The number of aromatic nitrogens is 2. The summed E-state index contributed by atoms with van der Waals surface area (Å²) in [6.45, 7) is 4.85. The van der Waals surface area contributed by atoms with Gasteiger partial charge in [0.2, 0.25) is 11.8 Å². The SMILES string of the molecule is CCNc1nc(Oc2ccc(C)cc2)c2ccsc2n1. The molecule has 3 rings (SSSR count). The second kappa shape index (κ2) is 5.46. The molecule has 5 heteroatoms. The quantitative estimate of drug-likeness (QED) is 0.779. The van der Waals surface area contributed by atoms with Gasteiger partial charge >= 0.3 is 0 Å². The molecule has 0 aliphatic rings. The van der Waals surface area contributed by atoms with Gasteiger partial charge in [0.05, 0.1) is 5.39 Å². The summed E-state index contributed by atoms with van der Waals surface area (Å²) in [6.07, 6.45) is 0. The molecule has 0 saturated carbocycles. The van der Waals surface area contributed by atoms with E-state index in [2.05, 4.69) is 22.2 Å². The topological polar surface area (TPSA) is 47.0 Å². The number of fused-ring (bicyclic) bond motifs is 1. The zero-order chi connectivity index (χ0) is 13.9. The predicted molar refractivity (Wildman–Crippen MR) is 82.8 cm³/mol. The van der Waals surface area contributed by atoms with Gasteiger partial charge in [-0.1, -0.05) is 17.7 Å². The van der Waals surface area contributed by atoms with E-state index in [1.807, 2.05) is 42.6 Å². The van der Waals surface area contributed by atoms with Gasteiger partial charge in [0.15, 0.2) is 0 Å². The van der Waals surface area contributed by atoms with Crippen molar-refractivity contribution < 1.29 is 4.74 Å². The molecule has 20 heavy (non-hydrogen) atoms. The first-order valence-corrected chi connectivity index (χ1v) is 7.38. The number of anilines is 1. The van der Waals surface area contributed by atoms with Crippen LogP contribution in [0.15, 0.2) is 35.7 Å². The minimum Gasteiger partial charge on any atom is -0.438 e. The molecule has 4 nitrogen and oxygen atoms in total. The fourth-order valence-corrected chi connectivity index (χ4v) is 2.62. The third kappa shape index (κ3) is 2.58. The van der Waals surface area contributed by atoms with Crippen LogP contribution in [-0.2, 0) is 0 Å². The Kier molecular flexibility index (Phi) is 3.52. The molecule has 1 N–H and O–H groups in total. The highest BCUT2D eigenvalue weighted by atomic mass is 32.1. The summed E-state index contributed by atoms with van der Waals surface area (Å²) >= 11 is 1.58. The largest absolute Gasteiger partial charge is 0.438 e. The Morgan fingerprint density at radius 2 is 1.95 bits per heavy atom. The lowest BCUT2D eigenvalue weighted by atomic mass is 10.2. The number of nitrogens with zero attached hydrogens (tertiary/aromatic N) is 2. The molecule has 0 atom stereocenters. The fraction of sp³-hybridized carbons (Fsp3) is 0.200. The van der Waals surface area contributed by atoms with Gasteiger partial charge in [0, 0.05) is 6.54 Å². The monoisotopic (exact) mass is 285 g/mol. The van der Waals surface area contributed by atoms with Crippen LogP contribution in [0, 0.1) is 6.92 Å². The summed E-state index contributed by atoms with van der Waals surface area (Å²) in [5, 5.41) is 6.07. The van der Waals surface area contributed by atoms with Crippen molar-refractivity contribution in [3.05, 3.63) is 41.3 Å². The molecule has 3 aromatic rings. The van der Waals surface area contributed by atoms with E-state index in [4.69, 9.17) is 4.74 Å². The Morgan fingerprint density at radius 3 is 2.70 bits per heavy atom. The summed E-state index contributed by atoms with van der Waals surface area (Å²) < 4.78 is 5.91.